The van der Waals surface area contributed by atoms with Gasteiger partial charge in [0.25, 0.3) is 5.91 Å². The lowest BCUT2D eigenvalue weighted by atomic mass is 9.86. The highest BCUT2D eigenvalue weighted by Crippen LogP contribution is 2.36. The third-order valence-electron chi connectivity index (χ3n) is 5.23. The normalized spacial score (nSPS) is 17.7. The van der Waals surface area contributed by atoms with Crippen molar-refractivity contribution in [3.05, 3.63) is 77.1 Å². The molecule has 0 aliphatic carbocycles. The van der Waals surface area contributed by atoms with Crippen LogP contribution < -0.4 is 9.47 Å². The summed E-state index contributed by atoms with van der Waals surface area (Å²) in [7, 11) is 1.91. The smallest absolute Gasteiger partial charge is 0.254 e. The van der Waals surface area contributed by atoms with E-state index in [4.69, 9.17) is 9.47 Å². The second kappa shape index (κ2) is 6.16. The molecule has 136 valence electrons. The van der Waals surface area contributed by atoms with Crippen molar-refractivity contribution in [1.82, 2.24) is 14.7 Å². The van der Waals surface area contributed by atoms with E-state index >= 15 is 0 Å². The number of carbonyl (C=O) groups is 1. The lowest BCUT2D eigenvalue weighted by Crippen LogP contribution is -2.38. The molecular weight excluding hydrogens is 342 g/mol. The van der Waals surface area contributed by atoms with E-state index in [1.165, 1.54) is 11.1 Å². The Hall–Kier alpha value is -3.28. The van der Waals surface area contributed by atoms with E-state index in [9.17, 15) is 4.79 Å². The standard InChI is InChI=1S/C21H19N3O3/c1-23-10-16(9-22-23)18-12-24(11-15-4-2-3-5-17(15)18)21(25)14-6-7-19-20(8-14)27-13-26-19/h2-10,18H,11-13H2,1H3/t18-/m0/s1. The lowest BCUT2D eigenvalue weighted by molar-refractivity contribution is 0.0724. The van der Waals surface area contributed by atoms with Crippen LogP contribution in [0.15, 0.2) is 54.9 Å². The zero-order chi connectivity index (χ0) is 18.4. The van der Waals surface area contributed by atoms with E-state index in [0.29, 0.717) is 30.2 Å². The van der Waals surface area contributed by atoms with Crippen LogP contribution in [0.25, 0.3) is 0 Å². The van der Waals surface area contributed by atoms with Crippen molar-refractivity contribution in [2.45, 2.75) is 12.5 Å². The first-order valence-electron chi connectivity index (χ1n) is 8.94. The minimum atomic E-state index is -0.00306. The highest BCUT2D eigenvalue weighted by atomic mass is 16.7. The molecule has 0 radical (unpaired) electrons. The minimum absolute atomic E-state index is 0.00306. The number of hydrogen-bond donors (Lipinski definition) is 0. The molecule has 2 aromatic carbocycles. The van der Waals surface area contributed by atoms with Gasteiger partial charge in [-0.25, -0.2) is 0 Å². The number of ether oxygens (including phenoxy) is 2. The minimum Gasteiger partial charge on any atom is -0.454 e. The number of aromatic nitrogens is 2. The Bertz CT molecular complexity index is 1030. The lowest BCUT2D eigenvalue weighted by Gasteiger charge is -2.34. The molecule has 0 unspecified atom stereocenters. The average Bonchev–Trinajstić information content (AvgIpc) is 3.34. The van der Waals surface area contributed by atoms with Gasteiger partial charge in [-0.1, -0.05) is 24.3 Å². The van der Waals surface area contributed by atoms with Crippen LogP contribution in [0.5, 0.6) is 11.5 Å². The Morgan fingerprint density at radius 3 is 2.85 bits per heavy atom. The molecule has 0 N–H and O–H groups in total. The predicted molar refractivity (Wildman–Crippen MR) is 98.8 cm³/mol. The van der Waals surface area contributed by atoms with Crippen molar-refractivity contribution in [2.75, 3.05) is 13.3 Å². The summed E-state index contributed by atoms with van der Waals surface area (Å²) in [5.41, 5.74) is 4.17. The van der Waals surface area contributed by atoms with Crippen LogP contribution in [-0.4, -0.2) is 33.9 Å². The number of hydrogen-bond acceptors (Lipinski definition) is 4. The van der Waals surface area contributed by atoms with Gasteiger partial charge in [-0.2, -0.15) is 5.10 Å². The Kier molecular flexibility index (Phi) is 3.63. The van der Waals surface area contributed by atoms with Gasteiger partial charge in [0.05, 0.1) is 6.20 Å². The van der Waals surface area contributed by atoms with Gasteiger partial charge in [0.2, 0.25) is 6.79 Å². The zero-order valence-corrected chi connectivity index (χ0v) is 15.0. The molecule has 1 atom stereocenters. The molecule has 1 amide bonds. The quantitative estimate of drug-likeness (QED) is 0.704. The van der Waals surface area contributed by atoms with Gasteiger partial charge in [-0.15, -0.1) is 0 Å². The van der Waals surface area contributed by atoms with Crippen LogP contribution in [0.2, 0.25) is 0 Å². The fourth-order valence-corrected chi connectivity index (χ4v) is 3.88. The van der Waals surface area contributed by atoms with Gasteiger partial charge < -0.3 is 14.4 Å². The van der Waals surface area contributed by atoms with E-state index in [1.54, 1.807) is 22.9 Å². The third kappa shape index (κ3) is 2.73. The van der Waals surface area contributed by atoms with Crippen LogP contribution in [0, 0.1) is 0 Å². The molecule has 3 heterocycles. The predicted octanol–water partition coefficient (Wildman–Crippen LogP) is 2.94. The number of fused-ring (bicyclic) bond motifs is 2. The summed E-state index contributed by atoms with van der Waals surface area (Å²) in [6, 6.07) is 13.7. The monoisotopic (exact) mass is 361 g/mol. The summed E-state index contributed by atoms with van der Waals surface area (Å²) < 4.78 is 12.6. The second-order valence-electron chi connectivity index (χ2n) is 6.95. The summed E-state index contributed by atoms with van der Waals surface area (Å²) >= 11 is 0. The van der Waals surface area contributed by atoms with Crippen LogP contribution in [0.4, 0.5) is 0 Å². The topological polar surface area (TPSA) is 56.6 Å². The van der Waals surface area contributed by atoms with Crippen molar-refractivity contribution in [3.63, 3.8) is 0 Å². The summed E-state index contributed by atoms with van der Waals surface area (Å²) in [4.78, 5) is 15.1. The van der Waals surface area contributed by atoms with Crippen LogP contribution >= 0.6 is 0 Å². The number of rotatable bonds is 2. The molecule has 0 bridgehead atoms. The zero-order valence-electron chi connectivity index (χ0n) is 15.0. The number of benzene rings is 2. The first-order valence-corrected chi connectivity index (χ1v) is 8.94. The molecule has 0 fully saturated rings. The summed E-state index contributed by atoms with van der Waals surface area (Å²) in [6.07, 6.45) is 3.91. The summed E-state index contributed by atoms with van der Waals surface area (Å²) in [5.74, 6) is 1.42. The molecule has 0 saturated heterocycles. The molecule has 3 aromatic rings. The Morgan fingerprint density at radius 2 is 2.00 bits per heavy atom. The summed E-state index contributed by atoms with van der Waals surface area (Å²) in [5, 5.41) is 4.31. The molecule has 1 aromatic heterocycles. The third-order valence-corrected chi connectivity index (χ3v) is 5.23. The molecule has 6 nitrogen and oxygen atoms in total. The SMILES string of the molecule is Cn1cc([C@@H]2CN(C(=O)c3ccc4c(c3)OCO4)Cc3ccccc32)cn1. The highest BCUT2D eigenvalue weighted by molar-refractivity contribution is 5.95. The van der Waals surface area contributed by atoms with Crippen molar-refractivity contribution in [1.29, 1.82) is 0 Å². The first kappa shape index (κ1) is 15.9. The van der Waals surface area contributed by atoms with Gasteiger partial charge >= 0.3 is 0 Å². The largest absolute Gasteiger partial charge is 0.454 e. The van der Waals surface area contributed by atoms with Gasteiger partial charge in [0.1, 0.15) is 0 Å². The van der Waals surface area contributed by atoms with E-state index in [0.717, 1.165) is 5.56 Å². The average molecular weight is 361 g/mol. The van der Waals surface area contributed by atoms with E-state index < -0.39 is 0 Å². The Balaban J connectivity index is 1.49. The van der Waals surface area contributed by atoms with Gasteiger partial charge in [0, 0.05) is 37.8 Å². The van der Waals surface area contributed by atoms with E-state index in [-0.39, 0.29) is 18.6 Å². The van der Waals surface area contributed by atoms with Crippen LogP contribution in [0.3, 0.4) is 0 Å². The molecule has 2 aliphatic heterocycles. The molecule has 0 saturated carbocycles. The van der Waals surface area contributed by atoms with Crippen molar-refractivity contribution in [2.24, 2.45) is 7.05 Å². The fourth-order valence-electron chi connectivity index (χ4n) is 3.88. The van der Waals surface area contributed by atoms with Gasteiger partial charge in [-0.05, 0) is 34.9 Å². The second-order valence-corrected chi connectivity index (χ2v) is 6.95. The number of aryl methyl sites for hydroxylation is 1. The molecular formula is C21H19N3O3. The Labute approximate surface area is 156 Å². The molecule has 0 spiro atoms. The molecule has 27 heavy (non-hydrogen) atoms. The maximum atomic E-state index is 13.2. The molecule has 6 heteroatoms. The Morgan fingerprint density at radius 1 is 1.15 bits per heavy atom. The summed E-state index contributed by atoms with van der Waals surface area (Å²) in [6.45, 7) is 1.42. The van der Waals surface area contributed by atoms with E-state index in [1.807, 2.05) is 30.4 Å². The number of nitrogens with zero attached hydrogens (tertiary/aromatic N) is 3. The number of carbonyl (C=O) groups excluding carboxylic acids is 1. The van der Waals surface area contributed by atoms with E-state index in [2.05, 4.69) is 23.3 Å². The molecule has 2 aliphatic rings. The van der Waals surface area contributed by atoms with Crippen molar-refractivity contribution < 1.29 is 14.3 Å². The van der Waals surface area contributed by atoms with Gasteiger partial charge in [0.15, 0.2) is 11.5 Å². The first-order chi connectivity index (χ1) is 13.2. The maximum Gasteiger partial charge on any atom is 0.254 e. The fraction of sp³-hybridized carbons (Fsp3) is 0.238. The van der Waals surface area contributed by atoms with Crippen molar-refractivity contribution >= 4 is 5.91 Å². The maximum absolute atomic E-state index is 13.2. The highest BCUT2D eigenvalue weighted by Gasteiger charge is 2.30. The van der Waals surface area contributed by atoms with Crippen LogP contribution in [0.1, 0.15) is 33.0 Å². The number of amides is 1. The van der Waals surface area contributed by atoms with Crippen molar-refractivity contribution in [3.8, 4) is 11.5 Å². The van der Waals surface area contributed by atoms with Crippen LogP contribution in [-0.2, 0) is 13.6 Å². The molecule has 5 rings (SSSR count). The van der Waals surface area contributed by atoms with Gasteiger partial charge in [-0.3, -0.25) is 9.48 Å².